The number of pyridine rings is 4. The zero-order chi connectivity index (χ0) is 84.5. The molecule has 25 nitrogen and oxygen atoms in total. The molecule has 5 aromatic carbocycles. The number of aromatic hydroxyl groups is 1. The zero-order valence-electron chi connectivity index (χ0n) is 71.8. The molecule has 125 heavy (non-hydrogen) atoms. The van der Waals surface area contributed by atoms with E-state index in [1.165, 1.54) is 47.4 Å². The molecule has 1 unspecified atom stereocenters. The van der Waals surface area contributed by atoms with Gasteiger partial charge in [0.05, 0.1) is 54.1 Å². The molecule has 4 radical (unpaired) electrons. The Labute approximate surface area is 829 Å². The van der Waals surface area contributed by atoms with Gasteiger partial charge in [0.25, 0.3) is 0 Å². The third-order valence-corrected chi connectivity index (χ3v) is 24.9. The molecule has 712 valence electrons. The van der Waals surface area contributed by atoms with E-state index >= 15 is 0 Å². The molecule has 0 spiro atoms. The van der Waals surface area contributed by atoms with Gasteiger partial charge in [0, 0.05) is 179 Å². The van der Waals surface area contributed by atoms with E-state index < -0.39 is 15.8 Å². The van der Waals surface area contributed by atoms with Gasteiger partial charge in [0.1, 0.15) is 29.5 Å². The number of carbonyl (C=O) groups excluding carboxylic acids is 2. The maximum Gasteiger partial charge on any atom is 3.00 e. The summed E-state index contributed by atoms with van der Waals surface area (Å²) in [7, 11) is -1.57. The topological polar surface area (TPSA) is 383 Å². The van der Waals surface area contributed by atoms with Crippen LogP contribution in [0.5, 0.6) is 5.75 Å². The molecule has 6 heterocycles. The summed E-state index contributed by atoms with van der Waals surface area (Å²) in [5.41, 5.74) is 59.5. The average Bonchev–Trinajstić information content (AvgIpc) is 0.835. The van der Waals surface area contributed by atoms with Gasteiger partial charge in [-0.1, -0.05) is 128 Å². The minimum atomic E-state index is -0.783. The van der Waals surface area contributed by atoms with Gasteiger partial charge in [-0.15, -0.1) is 32.2 Å². The predicted octanol–water partition coefficient (Wildman–Crippen LogP) is 18.2. The quantitative estimate of drug-likeness (QED) is 0.0178. The molecule has 2 saturated heterocycles. The summed E-state index contributed by atoms with van der Waals surface area (Å²) in [6.07, 6.45) is 10.0. The second kappa shape index (κ2) is 82.7. The summed E-state index contributed by atoms with van der Waals surface area (Å²) < 4.78 is 0. The molecule has 2 aliphatic heterocycles. The molecule has 1 atom stereocenters. The molecule has 0 saturated carbocycles. The van der Waals surface area contributed by atoms with E-state index in [9.17, 15) is 14.7 Å². The molecule has 0 bridgehead atoms. The van der Waals surface area contributed by atoms with Crippen LogP contribution in [0.15, 0.2) is 237 Å². The average molecular weight is 2070 g/mol. The van der Waals surface area contributed by atoms with E-state index in [1.54, 1.807) is 24.3 Å². The van der Waals surface area contributed by atoms with Crippen molar-refractivity contribution in [3.8, 4) is 5.75 Å². The smallest absolute Gasteiger partial charge is 0.679 e. The molecule has 11 rings (SSSR count). The third kappa shape index (κ3) is 56.8. The Morgan fingerprint density at radius 3 is 1.06 bits per heavy atom. The maximum absolute atomic E-state index is 10.8. The van der Waals surface area contributed by atoms with Crippen LogP contribution in [0.2, 0.25) is 0 Å². The van der Waals surface area contributed by atoms with Crippen LogP contribution in [0.4, 0.5) is 0 Å². The number of ketones is 2. The zero-order valence-corrected chi connectivity index (χ0v) is 80.9. The Morgan fingerprint density at radius 1 is 0.432 bits per heavy atom. The molecule has 34 heteroatoms. The minimum Gasteiger partial charge on any atom is -0.679 e. The third-order valence-electron chi connectivity index (χ3n) is 18.7. The number of nitrogens with zero attached hydrogens (tertiary/aromatic N) is 14. The van der Waals surface area contributed by atoms with Crippen LogP contribution in [0.25, 0.3) is 72.5 Å². The molecule has 2 aliphatic rings. The van der Waals surface area contributed by atoms with E-state index in [4.69, 9.17) is 51.2 Å². The Hall–Kier alpha value is -4.47. The number of hydrogen-bond acceptors (Lipinski definition) is 12. The van der Waals surface area contributed by atoms with Crippen LogP contribution in [0.1, 0.15) is 83.5 Å². The van der Waals surface area contributed by atoms with E-state index in [-0.39, 0.29) is 155 Å². The number of hydrogen-bond donors (Lipinski definition) is 1. The first-order valence-electron chi connectivity index (χ1n) is 41.2. The fourth-order valence-corrected chi connectivity index (χ4v) is 18.8. The minimum absolute atomic E-state index is 0. The van der Waals surface area contributed by atoms with Crippen LogP contribution >= 0.6 is 15.8 Å². The van der Waals surface area contributed by atoms with E-state index in [1.807, 2.05) is 55.0 Å². The number of aromatic nitrogens is 4. The summed E-state index contributed by atoms with van der Waals surface area (Å²) in [5.74, 6) is 0.0653. The number of phenols is 1. The van der Waals surface area contributed by atoms with Crippen LogP contribution in [-0.4, -0.2) is 263 Å². The van der Waals surface area contributed by atoms with Crippen molar-refractivity contribution in [2.24, 2.45) is 0 Å². The first-order valence-corrected chi connectivity index (χ1v) is 44.7. The normalized spacial score (nSPS) is 13.7. The van der Waals surface area contributed by atoms with Gasteiger partial charge >= 0.3 is 50.1 Å². The van der Waals surface area contributed by atoms with Gasteiger partial charge in [-0.05, 0) is 135 Å². The Kier molecular flexibility index (Phi) is 82.4. The Balaban J connectivity index is -0.000000232. The molecule has 9 aromatic rings. The predicted molar refractivity (Wildman–Crippen MR) is 511 cm³/mol. The van der Waals surface area contributed by atoms with Crippen LogP contribution < -0.4 is 21.2 Å². The number of nitrogens with one attached hydrogen (secondary N) is 8. The van der Waals surface area contributed by atoms with Gasteiger partial charge in [0.15, 0.2) is 11.6 Å². The van der Waals surface area contributed by atoms with Crippen molar-refractivity contribution in [2.45, 2.75) is 52.4 Å². The first kappa shape index (κ1) is 125. The van der Waals surface area contributed by atoms with Gasteiger partial charge in [-0.3, -0.25) is 39.2 Å². The maximum atomic E-state index is 10.8. The first-order chi connectivity index (χ1) is 57.9. The fraction of sp³-hybridized carbons (Fsp3) is 0.429. The van der Waals surface area contributed by atoms with Crippen LogP contribution in [0, 0.1) is 0 Å². The fourth-order valence-electron chi connectivity index (χ4n) is 12.6. The van der Waals surface area contributed by atoms with Crippen molar-refractivity contribution in [2.75, 3.05) is 202 Å². The summed E-state index contributed by atoms with van der Waals surface area (Å²) in [4.78, 5) is 50.9. The van der Waals surface area contributed by atoms with E-state index in [0.717, 1.165) is 147 Å². The summed E-state index contributed by atoms with van der Waals surface area (Å²) in [6.45, 7) is 25.6. The molecular weight excluding hydrogens is 1930 g/mol. The number of benzene rings is 5. The largest absolute Gasteiger partial charge is 3.00 e. The van der Waals surface area contributed by atoms with Gasteiger partial charge in [0.2, 0.25) is 0 Å². The van der Waals surface area contributed by atoms with E-state index in [0.29, 0.717) is 102 Å². The Morgan fingerprint density at radius 2 is 0.752 bits per heavy atom. The molecular formula is C91H139CoCu2MnN22Ni3O3P2-3. The summed E-state index contributed by atoms with van der Waals surface area (Å²) >= 11 is 0. The van der Waals surface area contributed by atoms with Crippen molar-refractivity contribution in [3.63, 3.8) is 0 Å². The number of phenolic OH excluding ortho intramolecular Hbond substituents is 1. The molecule has 0 amide bonds. The van der Waals surface area contributed by atoms with Crippen molar-refractivity contribution >= 4 is 48.6 Å². The van der Waals surface area contributed by atoms with Crippen molar-refractivity contribution < 1.29 is 139 Å². The summed E-state index contributed by atoms with van der Waals surface area (Å²) in [5, 5.41) is 38.0. The van der Waals surface area contributed by atoms with Crippen molar-refractivity contribution in [3.05, 3.63) is 343 Å². The summed E-state index contributed by atoms with van der Waals surface area (Å²) in [6, 6.07) is 75.3. The second-order valence-corrected chi connectivity index (χ2v) is 32.9. The van der Waals surface area contributed by atoms with Crippen molar-refractivity contribution in [1.82, 2.24) is 44.4 Å². The number of para-hydroxylation sites is 1. The van der Waals surface area contributed by atoms with Gasteiger partial charge in [-0.25, -0.2) is 4.98 Å². The number of carbonyl (C=O) groups is 2. The second-order valence-electron chi connectivity index (χ2n) is 27.7. The van der Waals surface area contributed by atoms with Gasteiger partial charge in [-0.2, -0.15) is 85.1 Å². The molecule has 2 fully saturated rings. The molecule has 9 N–H and O–H groups in total. The van der Waals surface area contributed by atoms with Gasteiger partial charge < -0.3 is 87.4 Å². The SMILES string of the molecule is CC(=O)c1cccc(C(C)=O)n1.Oc1ccccc1C1CC[N-]CC[N-]CCC[N-]CC[N-]1.[Co].[Cu].[Cu].[HH].[HH].[HH].[HH].[HH].[Mn+3].[NH-]CCN(CC[NH-])CCN(CC[NH-])CC[NH-].[NH-]CC[N-]CC[NH-].[NH-]CC[NH-].[Ni+2].[Ni+3].[Ni].c1ccc(CN2CCN(Cc3ccccn3)CCN(Cc3ccccn3)CC2)nc1.c1ccc([PH+](CC[PH+](c2ccccc2)c2ccccc2)c2ccccc2)cc1. The van der Waals surface area contributed by atoms with Crippen molar-refractivity contribution in [1.29, 1.82) is 0 Å². The molecule has 0 aliphatic carbocycles. The Bertz CT molecular complexity index is 3600. The monoisotopic (exact) mass is 2060 g/mol. The van der Waals surface area contributed by atoms with Crippen LogP contribution in [-0.2, 0) is 137 Å². The number of rotatable bonds is 32. The standard InChI is InChI=1S/C26H24P2.C24H30N6.C16H24N4O.C10H24N6.C9H9NO2.C4H10N3.C2H6N2.Co.2Cu.Mn.3Ni.5H2/c1-5-13-23(14-6-1)27(24-15-7-2-8-16-24)21-22-28(25-17-9-3-10-18-25)26-19-11-4-12-20-26;1-4-10-25-22(7-1)19-28-13-15-29(20-23-8-2-5-11-26-23)17-18-30(16-14-28)21-24-9-3-6-12-27-24;21-16-5-2-1-4-14(16)15-6-9-19-11-10-17-7-3-8-18-12-13-20-15;11-1-5-15(6-2-12)9-10-16(7-3-13)8-4-14;1-6(11)8-4-3-5-9(10-8)7(2)12;5-1-3-7-4-2-6;3-1-2-4;;;;;;;;;;;;/h1-20H,21-22H2;1-12H,13-21H2;1-2,4-5,15,21H,3,6-13H2;11-14H,1-10H2;3-5H,1-2H3;5-6H,1-4H2;3-4H,1-2H2;;;;;;;;5*1H/q;;2*-4;;-3;-2;;;;+3;;+2;+3;;;;;/p+2. The van der Waals surface area contributed by atoms with E-state index in [2.05, 4.69) is 223 Å². The van der Waals surface area contributed by atoms with Crippen LogP contribution in [0.3, 0.4) is 0 Å². The molecule has 4 aromatic heterocycles. The number of Topliss-reactive ketones (excluding diaryl/α,β-unsaturated/α-hetero) is 2.